The van der Waals surface area contributed by atoms with Crippen LogP contribution in [-0.2, 0) is 10.0 Å². The fourth-order valence-electron chi connectivity index (χ4n) is 3.05. The number of sulfonamides is 1. The first-order chi connectivity index (χ1) is 12.5. The molecule has 0 radical (unpaired) electrons. The summed E-state index contributed by atoms with van der Waals surface area (Å²) in [6.07, 6.45) is 1.67. The Balaban J connectivity index is 1.69. The largest absolute Gasteiger partial charge is 0.493 e. The molecule has 0 N–H and O–H groups in total. The van der Waals surface area contributed by atoms with E-state index < -0.39 is 10.0 Å². The number of hydrogen-bond donors (Lipinski definition) is 0. The molecule has 0 amide bonds. The molecule has 0 spiro atoms. The average Bonchev–Trinajstić information content (AvgIpc) is 2.67. The molecule has 1 saturated heterocycles. The number of nitriles is 1. The molecule has 1 heterocycles. The van der Waals surface area contributed by atoms with Gasteiger partial charge in [-0.25, -0.2) is 8.42 Å². The molecule has 0 aromatic heterocycles. The Bertz CT molecular complexity index is 907. The Morgan fingerprint density at radius 2 is 1.92 bits per heavy atom. The zero-order valence-corrected chi connectivity index (χ0v) is 15.7. The van der Waals surface area contributed by atoms with Crippen molar-refractivity contribution in [1.82, 2.24) is 4.31 Å². The molecule has 136 valence electrons. The molecule has 2 aromatic rings. The second-order valence-corrected chi connectivity index (χ2v) is 8.59. The number of rotatable bonds is 5. The van der Waals surface area contributed by atoms with Crippen LogP contribution in [0, 0.1) is 17.2 Å². The highest BCUT2D eigenvalue weighted by Gasteiger charge is 2.32. The molecule has 1 unspecified atom stereocenters. The van der Waals surface area contributed by atoms with E-state index in [1.165, 1.54) is 16.4 Å². The molecule has 7 heteroatoms. The Morgan fingerprint density at radius 3 is 2.65 bits per heavy atom. The minimum atomic E-state index is -3.69. The van der Waals surface area contributed by atoms with E-state index in [2.05, 4.69) is 0 Å². The second-order valence-electron chi connectivity index (χ2n) is 6.24. The van der Waals surface area contributed by atoms with Gasteiger partial charge in [0.15, 0.2) is 0 Å². The van der Waals surface area contributed by atoms with Crippen molar-refractivity contribution in [2.75, 3.05) is 19.7 Å². The lowest BCUT2D eigenvalue weighted by Gasteiger charge is -2.32. The van der Waals surface area contributed by atoms with Gasteiger partial charge in [0.25, 0.3) is 0 Å². The van der Waals surface area contributed by atoms with Crippen LogP contribution < -0.4 is 4.74 Å². The van der Waals surface area contributed by atoms with Gasteiger partial charge in [-0.1, -0.05) is 23.7 Å². The topological polar surface area (TPSA) is 70.4 Å². The lowest BCUT2D eigenvalue weighted by molar-refractivity contribution is 0.180. The van der Waals surface area contributed by atoms with Crippen molar-refractivity contribution < 1.29 is 13.2 Å². The molecule has 0 saturated carbocycles. The van der Waals surface area contributed by atoms with Crippen LogP contribution in [0.25, 0.3) is 0 Å². The molecule has 0 aliphatic carbocycles. The van der Waals surface area contributed by atoms with E-state index in [9.17, 15) is 13.7 Å². The van der Waals surface area contributed by atoms with Gasteiger partial charge in [0.1, 0.15) is 11.8 Å². The van der Waals surface area contributed by atoms with Crippen molar-refractivity contribution in [1.29, 1.82) is 5.26 Å². The summed E-state index contributed by atoms with van der Waals surface area (Å²) in [6, 6.07) is 15.4. The smallest absolute Gasteiger partial charge is 0.244 e. The van der Waals surface area contributed by atoms with Crippen LogP contribution in [0.2, 0.25) is 5.02 Å². The number of nitrogens with zero attached hydrogens (tertiary/aromatic N) is 2. The van der Waals surface area contributed by atoms with E-state index in [0.717, 1.165) is 12.8 Å². The highest BCUT2D eigenvalue weighted by atomic mass is 35.5. The molecule has 0 bridgehead atoms. The van der Waals surface area contributed by atoms with Crippen molar-refractivity contribution in [3.05, 3.63) is 59.1 Å². The van der Waals surface area contributed by atoms with Gasteiger partial charge in [-0.15, -0.1) is 0 Å². The molecule has 1 fully saturated rings. The summed E-state index contributed by atoms with van der Waals surface area (Å²) in [7, 11) is -3.69. The molecule has 2 aromatic carbocycles. The zero-order valence-electron chi connectivity index (χ0n) is 14.1. The van der Waals surface area contributed by atoms with Crippen LogP contribution in [0.5, 0.6) is 5.75 Å². The SMILES string of the molecule is N#Cc1ccccc1S(=O)(=O)N1CCCC(COc2ccc(Cl)cc2)C1. The van der Waals surface area contributed by atoms with Gasteiger partial charge in [0.05, 0.1) is 17.1 Å². The van der Waals surface area contributed by atoms with Gasteiger partial charge in [0, 0.05) is 24.0 Å². The van der Waals surface area contributed by atoms with Gasteiger partial charge in [0.2, 0.25) is 10.0 Å². The van der Waals surface area contributed by atoms with E-state index in [1.807, 2.05) is 6.07 Å². The molecule has 1 atom stereocenters. The molecule has 3 rings (SSSR count). The van der Waals surface area contributed by atoms with E-state index in [-0.39, 0.29) is 16.4 Å². The third-order valence-corrected chi connectivity index (χ3v) is 6.58. The Kier molecular flexibility index (Phi) is 5.82. The maximum absolute atomic E-state index is 12.9. The molecular formula is C19H19ClN2O3S. The first-order valence-corrected chi connectivity index (χ1v) is 10.2. The Hall–Kier alpha value is -2.07. The lowest BCUT2D eigenvalue weighted by atomic mass is 10.0. The first-order valence-electron chi connectivity index (χ1n) is 8.38. The van der Waals surface area contributed by atoms with Crippen molar-refractivity contribution in [2.24, 2.45) is 5.92 Å². The summed E-state index contributed by atoms with van der Waals surface area (Å²) >= 11 is 5.86. The molecule has 5 nitrogen and oxygen atoms in total. The lowest BCUT2D eigenvalue weighted by Crippen LogP contribution is -2.41. The van der Waals surface area contributed by atoms with Crippen LogP contribution in [0.15, 0.2) is 53.4 Å². The van der Waals surface area contributed by atoms with E-state index >= 15 is 0 Å². The Morgan fingerprint density at radius 1 is 1.19 bits per heavy atom. The van der Waals surface area contributed by atoms with E-state index in [0.29, 0.717) is 30.5 Å². The number of hydrogen-bond acceptors (Lipinski definition) is 4. The maximum Gasteiger partial charge on any atom is 0.244 e. The normalized spacial score (nSPS) is 18.2. The average molecular weight is 391 g/mol. The number of piperidine rings is 1. The number of benzene rings is 2. The molecule has 1 aliphatic heterocycles. The quantitative estimate of drug-likeness (QED) is 0.780. The van der Waals surface area contributed by atoms with Crippen molar-refractivity contribution in [3.8, 4) is 11.8 Å². The van der Waals surface area contributed by atoms with Crippen LogP contribution in [0.4, 0.5) is 0 Å². The predicted molar refractivity (Wildman–Crippen MR) is 99.6 cm³/mol. The fourth-order valence-corrected chi connectivity index (χ4v) is 4.87. The zero-order chi connectivity index (χ0) is 18.6. The van der Waals surface area contributed by atoms with Crippen LogP contribution in [-0.4, -0.2) is 32.4 Å². The second kappa shape index (κ2) is 8.09. The van der Waals surface area contributed by atoms with E-state index in [4.69, 9.17) is 16.3 Å². The molecule has 1 aliphatic rings. The van der Waals surface area contributed by atoms with Gasteiger partial charge >= 0.3 is 0 Å². The Labute approximate surface area is 158 Å². The number of ether oxygens (including phenoxy) is 1. The highest BCUT2D eigenvalue weighted by Crippen LogP contribution is 2.26. The van der Waals surface area contributed by atoms with Crippen molar-refractivity contribution in [2.45, 2.75) is 17.7 Å². The summed E-state index contributed by atoms with van der Waals surface area (Å²) < 4.78 is 33.1. The predicted octanol–water partition coefficient (Wildman–Crippen LogP) is 3.69. The summed E-state index contributed by atoms with van der Waals surface area (Å²) in [4.78, 5) is 0.0711. The van der Waals surface area contributed by atoms with E-state index in [1.54, 1.807) is 36.4 Å². The molecule has 26 heavy (non-hydrogen) atoms. The first kappa shape index (κ1) is 18.7. The third kappa shape index (κ3) is 4.18. The fraction of sp³-hybridized carbons (Fsp3) is 0.316. The van der Waals surface area contributed by atoms with Crippen molar-refractivity contribution in [3.63, 3.8) is 0 Å². The minimum Gasteiger partial charge on any atom is -0.493 e. The summed E-state index contributed by atoms with van der Waals surface area (Å²) in [6.45, 7) is 1.28. The number of halogens is 1. The van der Waals surface area contributed by atoms with Crippen LogP contribution in [0.3, 0.4) is 0 Å². The summed E-state index contributed by atoms with van der Waals surface area (Å²) in [5, 5.41) is 9.84. The van der Waals surface area contributed by atoms with Gasteiger partial charge < -0.3 is 4.74 Å². The van der Waals surface area contributed by atoms with Gasteiger partial charge in [-0.05, 0) is 49.2 Å². The maximum atomic E-state index is 12.9. The monoisotopic (exact) mass is 390 g/mol. The van der Waals surface area contributed by atoms with Crippen LogP contribution in [0.1, 0.15) is 18.4 Å². The minimum absolute atomic E-state index is 0.0711. The van der Waals surface area contributed by atoms with Gasteiger partial charge in [-0.2, -0.15) is 9.57 Å². The standard InChI is InChI=1S/C19H19ClN2O3S/c20-17-7-9-18(10-8-17)25-14-15-4-3-11-22(13-15)26(23,24)19-6-2-1-5-16(19)12-21/h1-2,5-10,15H,3-4,11,13-14H2. The third-order valence-electron chi connectivity index (χ3n) is 4.41. The highest BCUT2D eigenvalue weighted by molar-refractivity contribution is 7.89. The van der Waals surface area contributed by atoms with Crippen LogP contribution >= 0.6 is 11.6 Å². The summed E-state index contributed by atoms with van der Waals surface area (Å²) in [5.74, 6) is 0.813. The summed E-state index contributed by atoms with van der Waals surface area (Å²) in [5.41, 5.74) is 0.173. The van der Waals surface area contributed by atoms with Crippen molar-refractivity contribution >= 4 is 21.6 Å². The molecular weight excluding hydrogens is 372 g/mol. The van der Waals surface area contributed by atoms with Gasteiger partial charge in [-0.3, -0.25) is 0 Å².